The van der Waals surface area contributed by atoms with E-state index in [1.54, 1.807) is 0 Å². The third kappa shape index (κ3) is 5.37. The molecule has 0 radical (unpaired) electrons. The van der Waals surface area contributed by atoms with Crippen LogP contribution in [-0.2, 0) is 11.2 Å². The van der Waals surface area contributed by atoms with E-state index in [-0.39, 0.29) is 11.3 Å². The predicted molar refractivity (Wildman–Crippen MR) is 122 cm³/mol. The first-order valence-corrected chi connectivity index (χ1v) is 10.1. The van der Waals surface area contributed by atoms with Gasteiger partial charge in [-0.1, -0.05) is 49.1 Å². The van der Waals surface area contributed by atoms with Crippen LogP contribution < -0.4 is 11.1 Å². The van der Waals surface area contributed by atoms with E-state index < -0.39 is 6.04 Å². The van der Waals surface area contributed by atoms with Crippen LogP contribution in [0.3, 0.4) is 0 Å². The highest BCUT2D eigenvalue weighted by Crippen LogP contribution is 2.24. The molecule has 0 aliphatic heterocycles. The number of hydrogen-bond acceptors (Lipinski definition) is 3. The molecular weight excluding hydrogens is 372 g/mol. The van der Waals surface area contributed by atoms with Crippen molar-refractivity contribution in [3.05, 3.63) is 71.5 Å². The third-order valence-corrected chi connectivity index (χ3v) is 4.65. The fourth-order valence-corrected chi connectivity index (χ4v) is 3.01. The number of nitrogens with two attached hydrogens (primary N) is 1. The van der Waals surface area contributed by atoms with Gasteiger partial charge in [-0.2, -0.15) is 5.10 Å². The monoisotopic (exact) mass is 400 g/mol. The summed E-state index contributed by atoms with van der Waals surface area (Å²) in [5.41, 5.74) is 11.6. The number of nitrogens with zero attached hydrogens (tertiary/aromatic N) is 1. The first-order chi connectivity index (χ1) is 14.3. The summed E-state index contributed by atoms with van der Waals surface area (Å²) < 4.78 is 0. The molecule has 0 fully saturated rings. The van der Waals surface area contributed by atoms with Gasteiger partial charge in [0.05, 0.1) is 6.20 Å². The number of rotatable bonds is 5. The number of carbonyl (C=O) groups is 1. The zero-order chi connectivity index (χ0) is 21.7. The Morgan fingerprint density at radius 2 is 1.93 bits per heavy atom. The first-order valence-electron chi connectivity index (χ1n) is 10.1. The summed E-state index contributed by atoms with van der Waals surface area (Å²) >= 11 is 0. The van der Waals surface area contributed by atoms with Crippen LogP contribution in [-0.4, -0.2) is 16.1 Å². The molecule has 1 amide bonds. The lowest BCUT2D eigenvalue weighted by atomic mass is 9.97. The van der Waals surface area contributed by atoms with E-state index in [4.69, 9.17) is 5.73 Å². The van der Waals surface area contributed by atoms with Crippen LogP contribution in [0.1, 0.15) is 50.6 Å². The van der Waals surface area contributed by atoms with E-state index in [9.17, 15) is 4.79 Å². The van der Waals surface area contributed by atoms with Gasteiger partial charge in [0.1, 0.15) is 6.04 Å². The molecule has 0 aliphatic rings. The highest BCUT2D eigenvalue weighted by atomic mass is 16.2. The molecule has 4 N–H and O–H groups in total. The lowest BCUT2D eigenvalue weighted by Crippen LogP contribution is -2.27. The molecule has 2 aromatic carbocycles. The maximum absolute atomic E-state index is 12.7. The summed E-state index contributed by atoms with van der Waals surface area (Å²) in [5.74, 6) is 6.08. The Morgan fingerprint density at radius 1 is 1.20 bits per heavy atom. The molecule has 5 nitrogen and oxygen atoms in total. The number of aromatic nitrogens is 2. The average molecular weight is 401 g/mol. The number of hydrogen-bond donors (Lipinski definition) is 3. The molecule has 0 spiro atoms. The quantitative estimate of drug-likeness (QED) is 0.544. The van der Waals surface area contributed by atoms with Crippen LogP contribution in [0.5, 0.6) is 0 Å². The van der Waals surface area contributed by atoms with E-state index >= 15 is 0 Å². The molecule has 0 saturated heterocycles. The smallest absolute Gasteiger partial charge is 0.245 e. The van der Waals surface area contributed by atoms with Gasteiger partial charge in [-0.3, -0.25) is 9.89 Å². The second-order valence-corrected chi connectivity index (χ2v) is 8.29. The summed E-state index contributed by atoms with van der Waals surface area (Å²) in [6.07, 6.45) is 2.69. The van der Waals surface area contributed by atoms with Crippen molar-refractivity contribution in [2.24, 2.45) is 11.1 Å². The molecule has 5 heteroatoms. The molecule has 3 rings (SSSR count). The molecule has 154 valence electrons. The highest BCUT2D eigenvalue weighted by Gasteiger charge is 2.16. The van der Waals surface area contributed by atoms with Crippen molar-refractivity contribution < 1.29 is 4.79 Å². The SMILES string of the molecule is CCc1[nH]ncc1-c1ccc(C(N)C(=O)Nc2cccc(C#CC(C)(C)C)c2)cc1. The Morgan fingerprint density at radius 3 is 2.60 bits per heavy atom. The van der Waals surface area contributed by atoms with Crippen LogP contribution in [0.2, 0.25) is 0 Å². The van der Waals surface area contributed by atoms with Gasteiger partial charge in [0, 0.05) is 27.9 Å². The Bertz CT molecular complexity index is 1080. The van der Waals surface area contributed by atoms with Crippen molar-refractivity contribution in [1.29, 1.82) is 0 Å². The number of benzene rings is 2. The number of carbonyl (C=O) groups excluding carboxylic acids is 1. The molecule has 0 saturated carbocycles. The van der Waals surface area contributed by atoms with Gasteiger partial charge in [-0.25, -0.2) is 0 Å². The van der Waals surface area contributed by atoms with Crippen LogP contribution >= 0.6 is 0 Å². The van der Waals surface area contributed by atoms with Crippen molar-refractivity contribution >= 4 is 11.6 Å². The topological polar surface area (TPSA) is 83.8 Å². The van der Waals surface area contributed by atoms with Gasteiger partial charge in [0.25, 0.3) is 0 Å². The Hall–Kier alpha value is -3.36. The van der Waals surface area contributed by atoms with Crippen molar-refractivity contribution in [3.63, 3.8) is 0 Å². The van der Waals surface area contributed by atoms with Crippen LogP contribution in [0, 0.1) is 17.3 Å². The fourth-order valence-electron chi connectivity index (χ4n) is 3.01. The first kappa shape index (κ1) is 21.4. The van der Waals surface area contributed by atoms with Crippen molar-refractivity contribution in [2.45, 2.75) is 40.2 Å². The van der Waals surface area contributed by atoms with Gasteiger partial charge in [-0.15, -0.1) is 0 Å². The average Bonchev–Trinajstić information content (AvgIpc) is 3.20. The van der Waals surface area contributed by atoms with Crippen molar-refractivity contribution in [2.75, 3.05) is 5.32 Å². The van der Waals surface area contributed by atoms with Gasteiger partial charge in [0.15, 0.2) is 0 Å². The third-order valence-electron chi connectivity index (χ3n) is 4.65. The van der Waals surface area contributed by atoms with E-state index in [1.807, 2.05) is 54.7 Å². The molecule has 30 heavy (non-hydrogen) atoms. The number of H-pyrrole nitrogens is 1. The van der Waals surface area contributed by atoms with Crippen LogP contribution in [0.15, 0.2) is 54.7 Å². The molecule has 1 atom stereocenters. The van der Waals surface area contributed by atoms with E-state index in [2.05, 4.69) is 55.0 Å². The zero-order valence-corrected chi connectivity index (χ0v) is 17.9. The normalized spacial score (nSPS) is 12.0. The Kier molecular flexibility index (Phi) is 6.39. The molecule has 1 unspecified atom stereocenters. The van der Waals surface area contributed by atoms with E-state index in [1.165, 1.54) is 0 Å². The number of aromatic amines is 1. The molecule has 3 aromatic rings. The van der Waals surface area contributed by atoms with Gasteiger partial charge in [0.2, 0.25) is 5.91 Å². The molecular formula is C25H28N4O. The summed E-state index contributed by atoms with van der Waals surface area (Å²) in [6, 6.07) is 14.4. The van der Waals surface area contributed by atoms with Gasteiger partial charge < -0.3 is 11.1 Å². The maximum atomic E-state index is 12.7. The predicted octanol–water partition coefficient (Wildman–Crippen LogP) is 4.68. The lowest BCUT2D eigenvalue weighted by molar-refractivity contribution is -0.117. The molecule has 0 aliphatic carbocycles. The van der Waals surface area contributed by atoms with Crippen LogP contribution in [0.25, 0.3) is 11.1 Å². The minimum atomic E-state index is -0.765. The Labute approximate surface area is 178 Å². The minimum absolute atomic E-state index is 0.0812. The Balaban J connectivity index is 1.71. The summed E-state index contributed by atoms with van der Waals surface area (Å²) in [6.45, 7) is 8.26. The number of amides is 1. The zero-order valence-electron chi connectivity index (χ0n) is 17.9. The largest absolute Gasteiger partial charge is 0.324 e. The summed E-state index contributed by atoms with van der Waals surface area (Å²) in [4.78, 5) is 12.7. The molecule has 1 aromatic heterocycles. The van der Waals surface area contributed by atoms with E-state index in [0.717, 1.165) is 34.4 Å². The highest BCUT2D eigenvalue weighted by molar-refractivity contribution is 5.95. The molecule has 0 bridgehead atoms. The maximum Gasteiger partial charge on any atom is 0.245 e. The minimum Gasteiger partial charge on any atom is -0.324 e. The van der Waals surface area contributed by atoms with Gasteiger partial charge in [-0.05, 0) is 56.5 Å². The number of aryl methyl sites for hydroxylation is 1. The molecule has 1 heterocycles. The van der Waals surface area contributed by atoms with Gasteiger partial charge >= 0.3 is 0 Å². The summed E-state index contributed by atoms with van der Waals surface area (Å²) in [5, 5.41) is 10.0. The fraction of sp³-hybridized carbons (Fsp3) is 0.280. The number of nitrogens with one attached hydrogen (secondary N) is 2. The standard InChI is InChI=1S/C25H28N4O/c1-5-22-21(16-27-29-22)18-9-11-19(12-10-18)23(26)24(30)28-20-8-6-7-17(15-20)13-14-25(2,3)4/h6-12,15-16,23H,5,26H2,1-4H3,(H,27,29)(H,28,30). The van der Waals surface area contributed by atoms with Crippen LogP contribution in [0.4, 0.5) is 5.69 Å². The second-order valence-electron chi connectivity index (χ2n) is 8.29. The van der Waals surface area contributed by atoms with Crippen molar-refractivity contribution in [3.8, 4) is 23.0 Å². The van der Waals surface area contributed by atoms with Crippen molar-refractivity contribution in [1.82, 2.24) is 10.2 Å². The lowest BCUT2D eigenvalue weighted by Gasteiger charge is -2.13. The van der Waals surface area contributed by atoms with E-state index in [0.29, 0.717) is 5.69 Å². The summed E-state index contributed by atoms with van der Waals surface area (Å²) in [7, 11) is 0. The second kappa shape index (κ2) is 8.98. The number of anilines is 1.